The second-order valence-electron chi connectivity index (χ2n) is 16.1. The van der Waals surface area contributed by atoms with Gasteiger partial charge in [0, 0.05) is 23.6 Å². The molecule has 1 saturated carbocycles. The van der Waals surface area contributed by atoms with Gasteiger partial charge in [0.25, 0.3) is 5.88 Å². The van der Waals surface area contributed by atoms with Crippen LogP contribution in [0.5, 0.6) is 11.6 Å². The van der Waals surface area contributed by atoms with Crippen molar-refractivity contribution in [2.45, 2.75) is 109 Å². The maximum absolute atomic E-state index is 15.6. The molecule has 4 atom stereocenters. The fraction of sp³-hybridized carbons (Fsp3) is 0.676. The van der Waals surface area contributed by atoms with Gasteiger partial charge in [-0.25, -0.2) is 4.98 Å². The predicted molar refractivity (Wildman–Crippen MR) is 196 cm³/mol. The lowest BCUT2D eigenvalue weighted by Gasteiger charge is -2.55. The molecule has 0 aromatic carbocycles. The number of aromatic nitrogens is 2. The molecule has 0 bridgehead atoms. The molecule has 1 fully saturated rings. The van der Waals surface area contributed by atoms with Crippen molar-refractivity contribution in [2.75, 3.05) is 41.4 Å². The number of ketones is 2. The van der Waals surface area contributed by atoms with Crippen LogP contribution in [0.4, 0.5) is 0 Å². The van der Waals surface area contributed by atoms with Crippen LogP contribution in [0.25, 0.3) is 5.76 Å². The van der Waals surface area contributed by atoms with Gasteiger partial charge in [-0.3, -0.25) is 14.5 Å². The molecule has 0 radical (unpaired) electrons. The average Bonchev–Trinajstić information content (AvgIpc) is 3.42. The Balaban J connectivity index is 1.79. The molecule has 2 aromatic heterocycles. The zero-order valence-corrected chi connectivity index (χ0v) is 33.4. The number of unbranched alkanes of at least 4 members (excludes halogenated alkanes) is 2. The van der Waals surface area contributed by atoms with E-state index in [0.717, 1.165) is 25.7 Å². The summed E-state index contributed by atoms with van der Waals surface area (Å²) in [5.74, 6) is -1.54. The van der Waals surface area contributed by atoms with E-state index >= 15 is 9.59 Å². The molecule has 0 amide bonds. The van der Waals surface area contributed by atoms with E-state index in [0.29, 0.717) is 60.9 Å². The van der Waals surface area contributed by atoms with Crippen molar-refractivity contribution in [1.29, 1.82) is 0 Å². The number of aliphatic hydroxyl groups excluding tert-OH is 1. The maximum Gasteiger partial charge on any atom is 0.265 e. The summed E-state index contributed by atoms with van der Waals surface area (Å²) >= 11 is 6.90. The summed E-state index contributed by atoms with van der Waals surface area (Å²) in [4.78, 5) is 39.5. The van der Waals surface area contributed by atoms with Crippen molar-refractivity contribution in [3.63, 3.8) is 0 Å². The minimum absolute atomic E-state index is 0.0712. The Morgan fingerprint density at radius 3 is 2.24 bits per heavy atom. The Morgan fingerprint density at radius 2 is 1.66 bits per heavy atom. The third kappa shape index (κ3) is 6.44. The molecule has 3 aliphatic rings. The highest BCUT2D eigenvalue weighted by atomic mass is 35.5. The Bertz CT molecular complexity index is 1660. The number of carbonyl (C=O) groups excluding carboxylic acids is 2. The zero-order chi connectivity index (χ0) is 36.9. The van der Waals surface area contributed by atoms with Gasteiger partial charge >= 0.3 is 0 Å². The lowest BCUT2D eigenvalue weighted by molar-refractivity contribution is -0.140. The van der Waals surface area contributed by atoms with Crippen molar-refractivity contribution in [3.8, 4) is 11.6 Å². The number of rotatable bonds is 13. The lowest BCUT2D eigenvalue weighted by atomic mass is 9.57. The molecule has 13 heteroatoms. The number of hydrogen-bond acceptors (Lipinski definition) is 11. The third-order valence-corrected chi connectivity index (χ3v) is 15.7. The van der Waals surface area contributed by atoms with Gasteiger partial charge in [0.1, 0.15) is 16.5 Å². The highest BCUT2D eigenvalue weighted by Gasteiger charge is 2.69. The first-order valence-corrected chi connectivity index (χ1v) is 21.2. The van der Waals surface area contributed by atoms with Gasteiger partial charge in [0.15, 0.2) is 25.4 Å². The second kappa shape index (κ2) is 14.3. The van der Waals surface area contributed by atoms with Crippen molar-refractivity contribution < 1.29 is 33.1 Å². The van der Waals surface area contributed by atoms with E-state index < -0.39 is 43.4 Å². The first-order chi connectivity index (χ1) is 23.4. The van der Waals surface area contributed by atoms with E-state index in [-0.39, 0.29) is 33.0 Å². The number of hydrogen-bond donors (Lipinski definition) is 1. The van der Waals surface area contributed by atoms with E-state index in [1.165, 1.54) is 0 Å². The summed E-state index contributed by atoms with van der Waals surface area (Å²) in [6.45, 7) is 15.6. The van der Waals surface area contributed by atoms with Crippen LogP contribution < -0.4 is 9.47 Å². The fourth-order valence-corrected chi connectivity index (χ4v) is 9.09. The topological polar surface area (TPSA) is 127 Å². The largest absolute Gasteiger partial charge is 0.507 e. The highest BCUT2D eigenvalue weighted by molar-refractivity contribution is 6.74. The highest BCUT2D eigenvalue weighted by Crippen LogP contribution is 2.59. The fourth-order valence-electron chi connectivity index (χ4n) is 7.37. The van der Waals surface area contributed by atoms with Crippen molar-refractivity contribution in [3.05, 3.63) is 38.9 Å². The number of halogens is 1. The van der Waals surface area contributed by atoms with Gasteiger partial charge in [0.2, 0.25) is 11.6 Å². The quantitative estimate of drug-likeness (QED) is 0.0957. The van der Waals surface area contributed by atoms with E-state index in [2.05, 4.69) is 32.9 Å². The first-order valence-electron chi connectivity index (χ1n) is 17.9. The van der Waals surface area contributed by atoms with Crippen LogP contribution in [0.3, 0.4) is 0 Å². The molecule has 2 aromatic rings. The van der Waals surface area contributed by atoms with E-state index in [9.17, 15) is 5.11 Å². The van der Waals surface area contributed by atoms with Crippen molar-refractivity contribution >= 4 is 37.2 Å². The zero-order valence-electron chi connectivity index (χ0n) is 31.7. The minimum atomic E-state index is -2.84. The SMILES string of the molecule is CCCCOc1noc2c1C(=O)[C@@]1(O[Si](C)(C)C(C)(C)C)C(=O)C3=C(O)c4c(c(Cl)nc(CN(C)C)c4OCCCC)C[C@H]3C[C@H]1[C@@H]2N(C)C. The molecule has 0 spiro atoms. The molecule has 50 heavy (non-hydrogen) atoms. The van der Waals surface area contributed by atoms with Gasteiger partial charge < -0.3 is 28.4 Å². The van der Waals surface area contributed by atoms with Crippen LogP contribution in [-0.2, 0) is 22.2 Å². The number of nitrogens with zero attached hydrogens (tertiary/aromatic N) is 4. The predicted octanol–water partition coefficient (Wildman–Crippen LogP) is 7.43. The van der Waals surface area contributed by atoms with Gasteiger partial charge in [-0.05, 0) is 83.1 Å². The molecular formula is C37H55ClN4O7Si. The second-order valence-corrected chi connectivity index (χ2v) is 21.2. The first kappa shape index (κ1) is 38.5. The van der Waals surface area contributed by atoms with Crippen LogP contribution in [0.1, 0.15) is 106 Å². The number of Topliss-reactive ketones (excluding diaryl/α,β-unsaturated/α-hetero) is 2. The minimum Gasteiger partial charge on any atom is -0.507 e. The number of pyridine rings is 1. The van der Waals surface area contributed by atoms with Crippen LogP contribution >= 0.6 is 11.6 Å². The summed E-state index contributed by atoms with van der Waals surface area (Å²) in [7, 11) is 4.79. The van der Waals surface area contributed by atoms with Crippen LogP contribution in [0.2, 0.25) is 23.3 Å². The molecule has 1 N–H and O–H groups in total. The molecule has 3 aliphatic carbocycles. The van der Waals surface area contributed by atoms with Gasteiger partial charge in [-0.1, -0.05) is 59.1 Å². The molecule has 0 unspecified atom stereocenters. The number of fused-ring (bicyclic) bond motifs is 4. The van der Waals surface area contributed by atoms with E-state index in [4.69, 9.17) is 35.0 Å². The summed E-state index contributed by atoms with van der Waals surface area (Å²) < 4.78 is 25.5. The summed E-state index contributed by atoms with van der Waals surface area (Å²) in [6.07, 6.45) is 4.06. The molecule has 2 heterocycles. The Kier molecular flexibility index (Phi) is 11.0. The Labute approximate surface area is 302 Å². The van der Waals surface area contributed by atoms with Crippen LogP contribution in [0, 0.1) is 11.8 Å². The van der Waals surface area contributed by atoms with E-state index in [1.807, 2.05) is 58.0 Å². The molecule has 0 saturated heterocycles. The number of ether oxygens (including phenoxy) is 2. The third-order valence-electron chi connectivity index (χ3n) is 10.9. The molecule has 276 valence electrons. The Morgan fingerprint density at radius 1 is 1.02 bits per heavy atom. The lowest BCUT2D eigenvalue weighted by Crippen LogP contribution is -2.68. The summed E-state index contributed by atoms with van der Waals surface area (Å²) in [5.41, 5.74) is -0.0677. The number of carbonyl (C=O) groups is 2. The maximum atomic E-state index is 15.6. The smallest absolute Gasteiger partial charge is 0.265 e. The van der Waals surface area contributed by atoms with Gasteiger partial charge in [-0.15, -0.1) is 0 Å². The monoisotopic (exact) mass is 730 g/mol. The van der Waals surface area contributed by atoms with E-state index in [1.54, 1.807) is 0 Å². The Hall–Kier alpha value is -2.77. The van der Waals surface area contributed by atoms with Gasteiger partial charge in [-0.2, -0.15) is 0 Å². The average molecular weight is 731 g/mol. The van der Waals surface area contributed by atoms with Crippen LogP contribution in [-0.4, -0.2) is 91.9 Å². The molecule has 5 rings (SSSR count). The normalized spacial score (nSPS) is 23.6. The molecular weight excluding hydrogens is 676 g/mol. The molecule has 0 aliphatic heterocycles. The van der Waals surface area contributed by atoms with Crippen molar-refractivity contribution in [2.24, 2.45) is 11.8 Å². The van der Waals surface area contributed by atoms with Crippen LogP contribution in [0.15, 0.2) is 10.1 Å². The van der Waals surface area contributed by atoms with Gasteiger partial charge in [0.05, 0.1) is 30.5 Å². The summed E-state index contributed by atoms with van der Waals surface area (Å²) in [6, 6.07) is -0.540. The van der Waals surface area contributed by atoms with Crippen molar-refractivity contribution in [1.82, 2.24) is 19.9 Å². The standard InChI is InChI=1S/C37H55ClN4O7Si/c1-12-14-16-46-30-24(20-41(6)7)39-34(38)22-18-21-19-23-28(42(8)9)31-27(35(40-48-31)47-17-15-13-2)33(45)37(23,49-50(10,11)36(3,4)5)32(44)25(21)29(43)26(22)30/h21,23,28,43H,12-20H2,1-11H3/t21-,23-,28-,37-/m0/s1. The summed E-state index contributed by atoms with van der Waals surface area (Å²) in [5, 5.41) is 16.5. The molecule has 11 nitrogen and oxygen atoms in total. The number of aliphatic hydroxyl groups is 1.